The summed E-state index contributed by atoms with van der Waals surface area (Å²) in [7, 11) is 0. The van der Waals surface area contributed by atoms with Crippen LogP contribution in [0.4, 0.5) is 4.79 Å². The summed E-state index contributed by atoms with van der Waals surface area (Å²) in [6.45, 7) is 1.29. The number of rotatable bonds is 6. The van der Waals surface area contributed by atoms with Crippen LogP contribution in [0.15, 0.2) is 0 Å². The zero-order chi connectivity index (χ0) is 15.6. The smallest absolute Gasteiger partial charge is 0.315 e. The second-order valence-corrected chi connectivity index (χ2v) is 7.47. The third-order valence-corrected chi connectivity index (χ3v) is 5.52. The Bertz CT molecular complexity index is 409. The lowest BCUT2D eigenvalue weighted by atomic mass is 9.53. The predicted molar refractivity (Wildman–Crippen MR) is 91.4 cm³/mol. The zero-order valence-electron chi connectivity index (χ0n) is 13.6. The second-order valence-electron chi connectivity index (χ2n) is 7.47. The molecule has 5 N–H and O–H groups in total. The second kappa shape index (κ2) is 7.71. The van der Waals surface area contributed by atoms with Crippen LogP contribution in [0, 0.1) is 17.8 Å². The van der Waals surface area contributed by atoms with Gasteiger partial charge in [0.05, 0.1) is 0 Å². The van der Waals surface area contributed by atoms with Crippen LogP contribution in [0.1, 0.15) is 44.9 Å². The Morgan fingerprint density at radius 3 is 2.04 bits per heavy atom. The first kappa shape index (κ1) is 18.3. The first-order chi connectivity index (χ1) is 10.6. The highest BCUT2D eigenvalue weighted by molar-refractivity contribution is 5.85. The van der Waals surface area contributed by atoms with Gasteiger partial charge in [-0.15, -0.1) is 12.4 Å². The predicted octanol–water partition coefficient (Wildman–Crippen LogP) is 1.14. The standard InChI is InChI=1S/C16H28N4O2.ClH/c17-2-4-18-14(21)1-3-19-15(22)20-16-8-11-5-12(9-16)7-13(6-11)10-16;/h11-13H,1-10,17H2,(H,18,21)(H2,19,20,22);1H. The number of carbonyl (C=O) groups excluding carboxylic acids is 2. The van der Waals surface area contributed by atoms with Gasteiger partial charge in [0, 0.05) is 31.6 Å². The van der Waals surface area contributed by atoms with Crippen molar-refractivity contribution in [1.29, 1.82) is 0 Å². The number of nitrogens with one attached hydrogen (secondary N) is 3. The van der Waals surface area contributed by atoms with Gasteiger partial charge in [0.2, 0.25) is 5.91 Å². The molecule has 7 heteroatoms. The minimum absolute atomic E-state index is 0. The molecule has 4 aliphatic rings. The summed E-state index contributed by atoms with van der Waals surface area (Å²) in [6.07, 6.45) is 7.82. The number of hydrogen-bond acceptors (Lipinski definition) is 3. The van der Waals surface area contributed by atoms with Crippen molar-refractivity contribution >= 4 is 24.3 Å². The Balaban J connectivity index is 0.00000192. The number of halogens is 1. The molecule has 0 aliphatic heterocycles. The molecule has 0 unspecified atom stereocenters. The first-order valence-electron chi connectivity index (χ1n) is 8.61. The molecule has 4 fully saturated rings. The lowest BCUT2D eigenvalue weighted by Gasteiger charge is -2.56. The molecule has 0 aromatic rings. The molecule has 6 nitrogen and oxygen atoms in total. The summed E-state index contributed by atoms with van der Waals surface area (Å²) in [5.41, 5.74) is 5.35. The molecule has 0 spiro atoms. The molecule has 3 amide bonds. The molecule has 132 valence electrons. The van der Waals surface area contributed by atoms with E-state index in [1.165, 1.54) is 19.3 Å². The summed E-state index contributed by atoms with van der Waals surface area (Å²) in [6, 6.07) is -0.117. The lowest BCUT2D eigenvalue weighted by Crippen LogP contribution is -2.61. The van der Waals surface area contributed by atoms with E-state index in [1.54, 1.807) is 0 Å². The van der Waals surface area contributed by atoms with Gasteiger partial charge in [0.25, 0.3) is 0 Å². The van der Waals surface area contributed by atoms with E-state index in [1.807, 2.05) is 0 Å². The van der Waals surface area contributed by atoms with Crippen molar-refractivity contribution in [2.24, 2.45) is 23.5 Å². The molecule has 4 saturated carbocycles. The van der Waals surface area contributed by atoms with Crippen LogP contribution in [-0.4, -0.2) is 37.1 Å². The van der Waals surface area contributed by atoms with Crippen LogP contribution in [0.25, 0.3) is 0 Å². The highest BCUT2D eigenvalue weighted by atomic mass is 35.5. The molecule has 0 aromatic heterocycles. The van der Waals surface area contributed by atoms with Gasteiger partial charge in [0.15, 0.2) is 0 Å². The van der Waals surface area contributed by atoms with Gasteiger partial charge in [0.1, 0.15) is 0 Å². The van der Waals surface area contributed by atoms with E-state index >= 15 is 0 Å². The van der Waals surface area contributed by atoms with Crippen LogP contribution < -0.4 is 21.7 Å². The normalized spacial score (nSPS) is 33.7. The summed E-state index contributed by atoms with van der Waals surface area (Å²) in [4.78, 5) is 23.6. The fraction of sp³-hybridized carbons (Fsp3) is 0.875. The molecule has 0 heterocycles. The maximum atomic E-state index is 12.1. The highest BCUT2D eigenvalue weighted by Gasteiger charge is 2.51. The summed E-state index contributed by atoms with van der Waals surface area (Å²) in [5, 5.41) is 8.76. The van der Waals surface area contributed by atoms with Crippen LogP contribution >= 0.6 is 12.4 Å². The molecule has 0 saturated heterocycles. The number of nitrogens with two attached hydrogens (primary N) is 1. The Hall–Kier alpha value is -1.01. The minimum atomic E-state index is -0.117. The zero-order valence-corrected chi connectivity index (χ0v) is 14.4. The molecule has 0 aromatic carbocycles. The van der Waals surface area contributed by atoms with Gasteiger partial charge in [-0.1, -0.05) is 0 Å². The van der Waals surface area contributed by atoms with Crippen molar-refractivity contribution in [3.8, 4) is 0 Å². The third kappa shape index (κ3) is 4.51. The van der Waals surface area contributed by atoms with Crippen LogP contribution in [0.2, 0.25) is 0 Å². The molecular formula is C16H29ClN4O2. The Morgan fingerprint density at radius 2 is 1.52 bits per heavy atom. The van der Waals surface area contributed by atoms with Crippen molar-refractivity contribution in [2.75, 3.05) is 19.6 Å². The van der Waals surface area contributed by atoms with Crippen molar-refractivity contribution in [2.45, 2.75) is 50.5 Å². The Kier molecular flexibility index (Phi) is 6.14. The van der Waals surface area contributed by atoms with Gasteiger partial charge < -0.3 is 21.7 Å². The molecule has 0 radical (unpaired) electrons. The van der Waals surface area contributed by atoms with Crippen LogP contribution in [0.3, 0.4) is 0 Å². The van der Waals surface area contributed by atoms with Crippen molar-refractivity contribution in [3.63, 3.8) is 0 Å². The van der Waals surface area contributed by atoms with E-state index in [4.69, 9.17) is 5.73 Å². The molecule has 4 bridgehead atoms. The number of amides is 3. The monoisotopic (exact) mass is 344 g/mol. The molecule has 23 heavy (non-hydrogen) atoms. The van der Waals surface area contributed by atoms with Gasteiger partial charge in [-0.3, -0.25) is 4.79 Å². The molecule has 4 aliphatic carbocycles. The fourth-order valence-corrected chi connectivity index (χ4v) is 5.14. The lowest BCUT2D eigenvalue weighted by molar-refractivity contribution is -0.120. The van der Waals surface area contributed by atoms with Crippen molar-refractivity contribution in [3.05, 3.63) is 0 Å². The van der Waals surface area contributed by atoms with E-state index in [2.05, 4.69) is 16.0 Å². The SMILES string of the molecule is Cl.NCCNC(=O)CCNC(=O)NC12CC3CC(CC(C3)C1)C2. The first-order valence-corrected chi connectivity index (χ1v) is 8.61. The van der Waals surface area contributed by atoms with Crippen LogP contribution in [-0.2, 0) is 4.79 Å². The number of urea groups is 1. The van der Waals surface area contributed by atoms with E-state index in [-0.39, 0.29) is 29.9 Å². The average molecular weight is 345 g/mol. The van der Waals surface area contributed by atoms with E-state index in [0.717, 1.165) is 37.0 Å². The largest absolute Gasteiger partial charge is 0.355 e. The Labute approximate surface area is 144 Å². The number of hydrogen-bond donors (Lipinski definition) is 4. The van der Waals surface area contributed by atoms with Gasteiger partial charge in [-0.2, -0.15) is 0 Å². The van der Waals surface area contributed by atoms with Crippen molar-refractivity contribution < 1.29 is 9.59 Å². The van der Waals surface area contributed by atoms with E-state index in [9.17, 15) is 9.59 Å². The van der Waals surface area contributed by atoms with Crippen molar-refractivity contribution in [1.82, 2.24) is 16.0 Å². The van der Waals surface area contributed by atoms with Crippen LogP contribution in [0.5, 0.6) is 0 Å². The Morgan fingerprint density at radius 1 is 0.957 bits per heavy atom. The minimum Gasteiger partial charge on any atom is -0.355 e. The summed E-state index contributed by atoms with van der Waals surface area (Å²) in [5.74, 6) is 2.37. The third-order valence-electron chi connectivity index (χ3n) is 5.52. The van der Waals surface area contributed by atoms with Gasteiger partial charge >= 0.3 is 6.03 Å². The maximum Gasteiger partial charge on any atom is 0.315 e. The van der Waals surface area contributed by atoms with E-state index < -0.39 is 0 Å². The van der Waals surface area contributed by atoms with E-state index in [0.29, 0.717) is 26.1 Å². The highest BCUT2D eigenvalue weighted by Crippen LogP contribution is 2.55. The average Bonchev–Trinajstić information content (AvgIpc) is 2.43. The molecular weight excluding hydrogens is 316 g/mol. The van der Waals surface area contributed by atoms with Gasteiger partial charge in [-0.05, 0) is 56.3 Å². The summed E-state index contributed by atoms with van der Waals surface area (Å²) < 4.78 is 0. The topological polar surface area (TPSA) is 96.2 Å². The molecule has 4 rings (SSSR count). The quantitative estimate of drug-likeness (QED) is 0.581. The summed E-state index contributed by atoms with van der Waals surface area (Å²) >= 11 is 0. The fourth-order valence-electron chi connectivity index (χ4n) is 5.14. The maximum absolute atomic E-state index is 12.1. The molecule has 0 atom stereocenters. The number of carbonyl (C=O) groups is 2. The van der Waals surface area contributed by atoms with Gasteiger partial charge in [-0.25, -0.2) is 4.79 Å².